The van der Waals surface area contributed by atoms with Gasteiger partial charge >= 0.3 is 13.5 Å². The van der Waals surface area contributed by atoms with Crippen LogP contribution in [0.15, 0.2) is 21.9 Å². The Kier molecular flexibility index (Phi) is 4.44. The number of nitrogens with one attached hydrogen (secondary N) is 1. The van der Waals surface area contributed by atoms with Gasteiger partial charge in [0.2, 0.25) is 0 Å². The van der Waals surface area contributed by atoms with Crippen molar-refractivity contribution in [1.29, 1.82) is 0 Å². The first-order valence-corrected chi connectivity index (χ1v) is 8.33. The third-order valence-corrected chi connectivity index (χ3v) is 4.67. The largest absolute Gasteiger partial charge is 0.469 e. The Labute approximate surface area is 130 Å². The van der Waals surface area contributed by atoms with E-state index in [1.165, 1.54) is 20.0 Å². The molecule has 4 unspecified atom stereocenters. The fraction of sp³-hybridized carbons (Fsp3) is 0.667. The molecule has 130 valence electrons. The summed E-state index contributed by atoms with van der Waals surface area (Å²) in [5, 5.41) is 10.4. The lowest BCUT2D eigenvalue weighted by Crippen LogP contribution is -2.46. The molecule has 1 aliphatic rings. The van der Waals surface area contributed by atoms with E-state index >= 15 is 0 Å². The lowest BCUT2D eigenvalue weighted by atomic mass is 9.89. The standard InChI is InChI=1S/C12H19N2O8P/c1-7-9(16)11(2,6-21-23(18,19)20)22-12(7,3)14-5-4-8(15)13-10(14)17/h4-5,7,9,16H,6H2,1-3H3,(H,13,15,17)(H2,18,19,20). The van der Waals surface area contributed by atoms with E-state index in [2.05, 4.69) is 9.51 Å². The number of rotatable bonds is 4. The Morgan fingerprint density at radius 3 is 2.57 bits per heavy atom. The summed E-state index contributed by atoms with van der Waals surface area (Å²) in [6.45, 7) is 4.00. The topological polar surface area (TPSA) is 151 Å². The molecule has 0 saturated carbocycles. The number of H-pyrrole nitrogens is 1. The minimum atomic E-state index is -4.74. The summed E-state index contributed by atoms with van der Waals surface area (Å²) in [4.78, 5) is 42.9. The predicted molar refractivity (Wildman–Crippen MR) is 77.6 cm³/mol. The van der Waals surface area contributed by atoms with E-state index in [4.69, 9.17) is 14.5 Å². The average Bonchev–Trinajstić information content (AvgIpc) is 2.58. The molecule has 0 amide bonds. The summed E-state index contributed by atoms with van der Waals surface area (Å²) in [6.07, 6.45) is 0.0674. The summed E-state index contributed by atoms with van der Waals surface area (Å²) in [5.41, 5.74) is -4.09. The van der Waals surface area contributed by atoms with Crippen LogP contribution in [0.2, 0.25) is 0 Å². The van der Waals surface area contributed by atoms with Crippen molar-refractivity contribution in [1.82, 2.24) is 9.55 Å². The maximum atomic E-state index is 12.0. The Morgan fingerprint density at radius 2 is 2.04 bits per heavy atom. The third kappa shape index (κ3) is 3.32. The van der Waals surface area contributed by atoms with Crippen LogP contribution < -0.4 is 11.2 Å². The molecule has 1 aliphatic heterocycles. The zero-order valence-electron chi connectivity index (χ0n) is 12.8. The molecular formula is C12H19N2O8P. The number of hydrogen-bond acceptors (Lipinski definition) is 6. The number of nitrogens with zero attached hydrogens (tertiary/aromatic N) is 1. The van der Waals surface area contributed by atoms with Gasteiger partial charge < -0.3 is 19.6 Å². The number of phosphoric ester groups is 1. The average molecular weight is 350 g/mol. The van der Waals surface area contributed by atoms with Gasteiger partial charge in [0.25, 0.3) is 5.56 Å². The van der Waals surface area contributed by atoms with E-state index in [-0.39, 0.29) is 0 Å². The molecule has 23 heavy (non-hydrogen) atoms. The van der Waals surface area contributed by atoms with Crippen LogP contribution in [0, 0.1) is 5.92 Å². The first kappa shape index (κ1) is 18.1. The molecule has 4 N–H and O–H groups in total. The fourth-order valence-electron chi connectivity index (χ4n) is 2.81. The Hall–Kier alpha value is -1.29. The van der Waals surface area contributed by atoms with Gasteiger partial charge in [-0.25, -0.2) is 9.36 Å². The van der Waals surface area contributed by atoms with Crippen LogP contribution in [-0.4, -0.2) is 42.8 Å². The molecule has 1 saturated heterocycles. The van der Waals surface area contributed by atoms with Crippen molar-refractivity contribution in [3.63, 3.8) is 0 Å². The minimum absolute atomic E-state index is 0.573. The van der Waals surface area contributed by atoms with Gasteiger partial charge in [-0.2, -0.15) is 0 Å². The molecule has 1 aromatic heterocycles. The van der Waals surface area contributed by atoms with Crippen molar-refractivity contribution >= 4 is 7.82 Å². The van der Waals surface area contributed by atoms with E-state index in [0.29, 0.717) is 0 Å². The van der Waals surface area contributed by atoms with Gasteiger partial charge in [0.15, 0.2) is 5.72 Å². The van der Waals surface area contributed by atoms with Crippen LogP contribution >= 0.6 is 7.82 Å². The van der Waals surface area contributed by atoms with E-state index in [0.717, 1.165) is 10.6 Å². The Balaban J connectivity index is 2.40. The first-order valence-electron chi connectivity index (χ1n) is 6.80. The van der Waals surface area contributed by atoms with E-state index in [1.54, 1.807) is 6.92 Å². The van der Waals surface area contributed by atoms with Crippen molar-refractivity contribution in [3.8, 4) is 0 Å². The van der Waals surface area contributed by atoms with Gasteiger partial charge in [0, 0.05) is 18.2 Å². The number of hydrogen-bond donors (Lipinski definition) is 4. The van der Waals surface area contributed by atoms with Crippen LogP contribution in [0.3, 0.4) is 0 Å². The molecule has 1 fully saturated rings. The van der Waals surface area contributed by atoms with Gasteiger partial charge in [-0.3, -0.25) is 18.9 Å². The molecule has 2 rings (SSSR count). The van der Waals surface area contributed by atoms with Gasteiger partial charge in [0.1, 0.15) is 5.60 Å². The summed E-state index contributed by atoms with van der Waals surface area (Å²) >= 11 is 0. The smallest absolute Gasteiger partial charge is 0.390 e. The monoisotopic (exact) mass is 350 g/mol. The second-order valence-corrected chi connectivity index (χ2v) is 7.19. The van der Waals surface area contributed by atoms with Crippen molar-refractivity contribution in [2.75, 3.05) is 6.61 Å². The summed E-state index contributed by atoms with van der Waals surface area (Å²) in [6, 6.07) is 1.14. The van der Waals surface area contributed by atoms with E-state index in [1.807, 2.05) is 0 Å². The van der Waals surface area contributed by atoms with E-state index < -0.39 is 49.0 Å². The van der Waals surface area contributed by atoms with Gasteiger partial charge in [-0.05, 0) is 13.8 Å². The van der Waals surface area contributed by atoms with Crippen molar-refractivity contribution in [2.45, 2.75) is 38.2 Å². The molecule has 4 atom stereocenters. The summed E-state index contributed by atoms with van der Waals surface area (Å²) < 4.78 is 22.2. The number of ether oxygens (including phenoxy) is 1. The number of aliphatic hydroxyl groups is 1. The zero-order valence-corrected chi connectivity index (χ0v) is 13.7. The molecule has 0 bridgehead atoms. The molecule has 1 aromatic rings. The van der Waals surface area contributed by atoms with Gasteiger partial charge in [0.05, 0.1) is 12.7 Å². The van der Waals surface area contributed by atoms with Crippen molar-refractivity contribution < 1.29 is 28.7 Å². The highest BCUT2D eigenvalue weighted by molar-refractivity contribution is 7.46. The Bertz CT molecular complexity index is 754. The quantitative estimate of drug-likeness (QED) is 0.510. The Morgan fingerprint density at radius 1 is 1.43 bits per heavy atom. The van der Waals surface area contributed by atoms with E-state index in [9.17, 15) is 19.3 Å². The molecule has 11 heteroatoms. The zero-order chi connectivity index (χ0) is 17.6. The first-order chi connectivity index (χ1) is 10.4. The van der Waals surface area contributed by atoms with Crippen LogP contribution in [0.1, 0.15) is 20.8 Å². The predicted octanol–water partition coefficient (Wildman–Crippen LogP) is -0.896. The minimum Gasteiger partial charge on any atom is -0.390 e. The summed E-state index contributed by atoms with van der Waals surface area (Å²) in [5.74, 6) is -0.628. The number of aliphatic hydroxyl groups excluding tert-OH is 1. The number of aromatic amines is 1. The molecule has 0 aromatic carbocycles. The number of phosphoric acid groups is 1. The third-order valence-electron chi connectivity index (χ3n) is 4.21. The highest BCUT2D eigenvalue weighted by atomic mass is 31.2. The maximum Gasteiger partial charge on any atom is 0.469 e. The molecular weight excluding hydrogens is 331 g/mol. The molecule has 0 spiro atoms. The molecule has 2 heterocycles. The van der Waals surface area contributed by atoms with Crippen LogP contribution in [0.4, 0.5) is 0 Å². The fourth-order valence-corrected chi connectivity index (χ4v) is 3.23. The van der Waals surface area contributed by atoms with Gasteiger partial charge in [-0.15, -0.1) is 0 Å². The normalized spacial score (nSPS) is 34.7. The van der Waals surface area contributed by atoms with Crippen molar-refractivity contribution in [3.05, 3.63) is 33.1 Å². The highest BCUT2D eigenvalue weighted by Gasteiger charge is 2.58. The molecule has 10 nitrogen and oxygen atoms in total. The lowest BCUT2D eigenvalue weighted by molar-refractivity contribution is -0.165. The van der Waals surface area contributed by atoms with Crippen LogP contribution in [-0.2, 0) is 19.6 Å². The second-order valence-electron chi connectivity index (χ2n) is 5.95. The SMILES string of the molecule is CC1C(O)C(C)(COP(=O)(O)O)OC1(C)n1ccc(=O)[nH]c1=O. The summed E-state index contributed by atoms with van der Waals surface area (Å²) in [7, 11) is -4.74. The highest BCUT2D eigenvalue weighted by Crippen LogP contribution is 2.47. The molecule has 0 aliphatic carbocycles. The maximum absolute atomic E-state index is 12.0. The van der Waals surface area contributed by atoms with Crippen LogP contribution in [0.25, 0.3) is 0 Å². The number of aromatic nitrogens is 2. The second kappa shape index (κ2) is 5.66. The van der Waals surface area contributed by atoms with Crippen molar-refractivity contribution in [2.24, 2.45) is 5.92 Å². The lowest BCUT2D eigenvalue weighted by Gasteiger charge is -2.32. The molecule has 0 radical (unpaired) electrons. The van der Waals surface area contributed by atoms with Gasteiger partial charge in [-0.1, -0.05) is 6.92 Å². The van der Waals surface area contributed by atoms with Crippen LogP contribution in [0.5, 0.6) is 0 Å².